The van der Waals surface area contributed by atoms with Gasteiger partial charge in [-0.05, 0) is 54.9 Å². The van der Waals surface area contributed by atoms with E-state index in [4.69, 9.17) is 4.74 Å². The molecular formula is C16H17F2NO. The standard InChI is InChI=1S/C16H17F2NO/c1-3-19-10-12-4-6-16(14(18)9-12)20-15-7-5-13(17)8-11(15)2/h4-9,19H,3,10H2,1-2H3. The summed E-state index contributed by atoms with van der Waals surface area (Å²) in [6, 6.07) is 8.98. The zero-order valence-electron chi connectivity index (χ0n) is 11.5. The van der Waals surface area contributed by atoms with Gasteiger partial charge in [0.25, 0.3) is 0 Å². The summed E-state index contributed by atoms with van der Waals surface area (Å²) in [6.45, 7) is 5.15. The van der Waals surface area contributed by atoms with Crippen LogP contribution in [0.2, 0.25) is 0 Å². The van der Waals surface area contributed by atoms with Gasteiger partial charge in [0.2, 0.25) is 0 Å². The monoisotopic (exact) mass is 277 g/mol. The van der Waals surface area contributed by atoms with Crippen molar-refractivity contribution in [2.45, 2.75) is 20.4 Å². The molecule has 2 aromatic rings. The Kier molecular flexibility index (Phi) is 4.69. The molecule has 1 N–H and O–H groups in total. The molecule has 0 aliphatic heterocycles. The van der Waals surface area contributed by atoms with E-state index in [-0.39, 0.29) is 11.6 Å². The second kappa shape index (κ2) is 6.48. The van der Waals surface area contributed by atoms with Crippen molar-refractivity contribution in [3.63, 3.8) is 0 Å². The number of benzene rings is 2. The normalized spacial score (nSPS) is 10.6. The van der Waals surface area contributed by atoms with E-state index in [1.807, 2.05) is 6.92 Å². The molecule has 0 aliphatic rings. The van der Waals surface area contributed by atoms with Gasteiger partial charge in [-0.15, -0.1) is 0 Å². The Morgan fingerprint density at radius 1 is 1.05 bits per heavy atom. The van der Waals surface area contributed by atoms with Crippen LogP contribution in [0.4, 0.5) is 8.78 Å². The molecule has 0 radical (unpaired) electrons. The maximum Gasteiger partial charge on any atom is 0.166 e. The second-order valence-electron chi connectivity index (χ2n) is 4.56. The van der Waals surface area contributed by atoms with Gasteiger partial charge in [0.15, 0.2) is 11.6 Å². The van der Waals surface area contributed by atoms with Crippen LogP contribution in [-0.2, 0) is 6.54 Å². The zero-order chi connectivity index (χ0) is 14.5. The third-order valence-corrected chi connectivity index (χ3v) is 2.93. The summed E-state index contributed by atoms with van der Waals surface area (Å²) < 4.78 is 32.4. The van der Waals surface area contributed by atoms with E-state index < -0.39 is 5.82 Å². The smallest absolute Gasteiger partial charge is 0.166 e. The molecule has 0 atom stereocenters. The number of halogens is 2. The predicted octanol–water partition coefficient (Wildman–Crippen LogP) is 4.18. The van der Waals surface area contributed by atoms with Gasteiger partial charge in [0.1, 0.15) is 11.6 Å². The largest absolute Gasteiger partial charge is 0.454 e. The average molecular weight is 277 g/mol. The fourth-order valence-corrected chi connectivity index (χ4v) is 1.85. The molecule has 0 heterocycles. The number of aryl methyl sites for hydroxylation is 1. The molecule has 106 valence electrons. The summed E-state index contributed by atoms with van der Waals surface area (Å²) in [4.78, 5) is 0. The van der Waals surface area contributed by atoms with Crippen LogP contribution in [0.1, 0.15) is 18.1 Å². The zero-order valence-corrected chi connectivity index (χ0v) is 11.5. The van der Waals surface area contributed by atoms with Crippen LogP contribution in [-0.4, -0.2) is 6.54 Å². The van der Waals surface area contributed by atoms with Crippen LogP contribution < -0.4 is 10.1 Å². The van der Waals surface area contributed by atoms with Gasteiger partial charge in [0.05, 0.1) is 0 Å². The fraction of sp³-hybridized carbons (Fsp3) is 0.250. The lowest BCUT2D eigenvalue weighted by Gasteiger charge is -2.10. The number of rotatable bonds is 5. The minimum absolute atomic E-state index is 0.139. The highest BCUT2D eigenvalue weighted by Gasteiger charge is 2.08. The summed E-state index contributed by atoms with van der Waals surface area (Å²) in [7, 11) is 0. The molecule has 0 spiro atoms. The van der Waals surface area contributed by atoms with Crippen molar-refractivity contribution in [1.82, 2.24) is 5.32 Å². The third-order valence-electron chi connectivity index (χ3n) is 2.93. The van der Waals surface area contributed by atoms with Gasteiger partial charge >= 0.3 is 0 Å². The molecule has 0 saturated heterocycles. The maximum atomic E-state index is 13.9. The van der Waals surface area contributed by atoms with Crippen molar-refractivity contribution in [1.29, 1.82) is 0 Å². The first kappa shape index (κ1) is 14.5. The minimum atomic E-state index is -0.427. The van der Waals surface area contributed by atoms with Crippen LogP contribution in [0.25, 0.3) is 0 Å². The van der Waals surface area contributed by atoms with E-state index in [1.54, 1.807) is 19.1 Å². The van der Waals surface area contributed by atoms with E-state index in [9.17, 15) is 8.78 Å². The quantitative estimate of drug-likeness (QED) is 0.885. The van der Waals surface area contributed by atoms with Crippen molar-refractivity contribution < 1.29 is 13.5 Å². The Bertz CT molecular complexity index is 599. The van der Waals surface area contributed by atoms with Crippen molar-refractivity contribution in [2.24, 2.45) is 0 Å². The third kappa shape index (κ3) is 3.54. The van der Waals surface area contributed by atoms with E-state index in [0.717, 1.165) is 12.1 Å². The molecule has 20 heavy (non-hydrogen) atoms. The molecule has 2 aromatic carbocycles. The van der Waals surface area contributed by atoms with Crippen molar-refractivity contribution >= 4 is 0 Å². The molecule has 2 rings (SSSR count). The van der Waals surface area contributed by atoms with Crippen LogP contribution in [0.3, 0.4) is 0 Å². The molecule has 0 amide bonds. The fourth-order valence-electron chi connectivity index (χ4n) is 1.85. The Balaban J connectivity index is 2.17. The summed E-state index contributed by atoms with van der Waals surface area (Å²) in [6.07, 6.45) is 0. The van der Waals surface area contributed by atoms with Crippen molar-refractivity contribution in [2.75, 3.05) is 6.54 Å². The van der Waals surface area contributed by atoms with Crippen LogP contribution in [0, 0.1) is 18.6 Å². The minimum Gasteiger partial charge on any atom is -0.454 e. The molecule has 0 saturated carbocycles. The van der Waals surface area contributed by atoms with Gasteiger partial charge in [-0.3, -0.25) is 0 Å². The SMILES string of the molecule is CCNCc1ccc(Oc2ccc(F)cc2C)c(F)c1. The lowest BCUT2D eigenvalue weighted by molar-refractivity contribution is 0.437. The van der Waals surface area contributed by atoms with Gasteiger partial charge < -0.3 is 10.1 Å². The summed E-state index contributed by atoms with van der Waals surface area (Å²) in [5.74, 6) is -0.176. The average Bonchev–Trinajstić information content (AvgIpc) is 2.42. The molecule has 0 unspecified atom stereocenters. The summed E-state index contributed by atoms with van der Waals surface area (Å²) in [5.41, 5.74) is 1.48. The van der Waals surface area contributed by atoms with E-state index in [0.29, 0.717) is 17.9 Å². The molecule has 4 heteroatoms. The van der Waals surface area contributed by atoms with Crippen molar-refractivity contribution in [3.8, 4) is 11.5 Å². The predicted molar refractivity (Wildman–Crippen MR) is 75.0 cm³/mol. The first-order chi connectivity index (χ1) is 9.60. The summed E-state index contributed by atoms with van der Waals surface area (Å²) >= 11 is 0. The lowest BCUT2D eigenvalue weighted by Crippen LogP contribution is -2.11. The highest BCUT2D eigenvalue weighted by molar-refractivity contribution is 5.38. The second-order valence-corrected chi connectivity index (χ2v) is 4.56. The number of hydrogen-bond acceptors (Lipinski definition) is 2. The van der Waals surface area contributed by atoms with Gasteiger partial charge in [-0.2, -0.15) is 0 Å². The molecular weight excluding hydrogens is 260 g/mol. The maximum absolute atomic E-state index is 13.9. The van der Waals surface area contributed by atoms with E-state index >= 15 is 0 Å². The molecule has 0 fully saturated rings. The Labute approximate surface area is 117 Å². The Morgan fingerprint density at radius 2 is 1.80 bits per heavy atom. The van der Waals surface area contributed by atoms with Gasteiger partial charge in [0, 0.05) is 6.54 Å². The highest BCUT2D eigenvalue weighted by Crippen LogP contribution is 2.28. The molecule has 0 aromatic heterocycles. The summed E-state index contributed by atoms with van der Waals surface area (Å²) in [5, 5.41) is 3.13. The van der Waals surface area contributed by atoms with E-state index in [2.05, 4.69) is 5.32 Å². The lowest BCUT2D eigenvalue weighted by atomic mass is 10.2. The van der Waals surface area contributed by atoms with Crippen LogP contribution in [0.5, 0.6) is 11.5 Å². The molecule has 0 bridgehead atoms. The number of hydrogen-bond donors (Lipinski definition) is 1. The van der Waals surface area contributed by atoms with Crippen LogP contribution >= 0.6 is 0 Å². The van der Waals surface area contributed by atoms with Gasteiger partial charge in [-0.1, -0.05) is 13.0 Å². The Morgan fingerprint density at radius 3 is 2.45 bits per heavy atom. The number of nitrogens with one attached hydrogen (secondary N) is 1. The van der Waals surface area contributed by atoms with Crippen LogP contribution in [0.15, 0.2) is 36.4 Å². The Hall–Kier alpha value is -1.94. The number of ether oxygens (including phenoxy) is 1. The topological polar surface area (TPSA) is 21.3 Å². The first-order valence-electron chi connectivity index (χ1n) is 6.53. The molecule has 2 nitrogen and oxygen atoms in total. The van der Waals surface area contributed by atoms with E-state index in [1.165, 1.54) is 24.3 Å². The first-order valence-corrected chi connectivity index (χ1v) is 6.53. The molecule has 0 aliphatic carbocycles. The van der Waals surface area contributed by atoms with Gasteiger partial charge in [-0.25, -0.2) is 8.78 Å². The van der Waals surface area contributed by atoms with Crippen molar-refractivity contribution in [3.05, 3.63) is 59.2 Å². The highest BCUT2D eigenvalue weighted by atomic mass is 19.1.